The lowest BCUT2D eigenvalue weighted by atomic mass is 9.99. The van der Waals surface area contributed by atoms with Crippen molar-refractivity contribution >= 4 is 23.2 Å². The first kappa shape index (κ1) is 13.4. The molecule has 0 amide bonds. The Morgan fingerprint density at radius 2 is 1.67 bits per heavy atom. The number of hydrogen-bond donors (Lipinski definition) is 0. The molecule has 0 heterocycles. The van der Waals surface area contributed by atoms with Crippen LogP contribution in [-0.2, 0) is 6.54 Å². The van der Waals surface area contributed by atoms with Crippen LogP contribution in [0.1, 0.15) is 5.56 Å². The minimum atomic E-state index is 0.588. The molecule has 1 nitrogen and oxygen atoms in total. The Bertz CT molecular complexity index is 550. The van der Waals surface area contributed by atoms with Gasteiger partial charge in [-0.25, -0.2) is 0 Å². The molecule has 0 unspecified atom stereocenters. The lowest BCUT2D eigenvalue weighted by Gasteiger charge is -2.14. The second-order valence-corrected chi connectivity index (χ2v) is 5.34. The molecule has 0 bridgehead atoms. The molecular weight excluding hydrogens is 265 g/mol. The molecule has 2 rings (SSSR count). The van der Waals surface area contributed by atoms with Gasteiger partial charge in [0.2, 0.25) is 0 Å². The van der Waals surface area contributed by atoms with Crippen LogP contribution in [0.15, 0.2) is 42.5 Å². The monoisotopic (exact) mass is 279 g/mol. The largest absolute Gasteiger partial charge is 0.305 e. The summed E-state index contributed by atoms with van der Waals surface area (Å²) in [6, 6.07) is 14.1. The average Bonchev–Trinajstić information content (AvgIpc) is 2.33. The van der Waals surface area contributed by atoms with Crippen LogP contribution in [-0.4, -0.2) is 19.0 Å². The molecule has 0 N–H and O–H groups in total. The van der Waals surface area contributed by atoms with Crippen molar-refractivity contribution in [2.24, 2.45) is 0 Å². The van der Waals surface area contributed by atoms with Gasteiger partial charge in [0.25, 0.3) is 0 Å². The quantitative estimate of drug-likeness (QED) is 0.786. The molecule has 0 radical (unpaired) electrons. The van der Waals surface area contributed by atoms with E-state index in [1.54, 1.807) is 0 Å². The zero-order valence-electron chi connectivity index (χ0n) is 10.5. The van der Waals surface area contributed by atoms with Crippen molar-refractivity contribution in [1.82, 2.24) is 4.90 Å². The Morgan fingerprint density at radius 3 is 2.33 bits per heavy atom. The van der Waals surface area contributed by atoms with Crippen molar-refractivity contribution in [3.8, 4) is 11.1 Å². The third kappa shape index (κ3) is 3.05. The summed E-state index contributed by atoms with van der Waals surface area (Å²) in [6.45, 7) is 0.899. The average molecular weight is 280 g/mol. The van der Waals surface area contributed by atoms with E-state index >= 15 is 0 Å². The molecule has 0 aliphatic carbocycles. The summed E-state index contributed by atoms with van der Waals surface area (Å²) in [5.74, 6) is 0. The van der Waals surface area contributed by atoms with Crippen LogP contribution in [0.5, 0.6) is 0 Å². The summed E-state index contributed by atoms with van der Waals surface area (Å²) in [6.07, 6.45) is 0. The summed E-state index contributed by atoms with van der Waals surface area (Å²) < 4.78 is 0. The maximum absolute atomic E-state index is 6.08. The Balaban J connectivity index is 2.46. The first-order valence-corrected chi connectivity index (χ1v) is 6.51. The van der Waals surface area contributed by atoms with Gasteiger partial charge in [-0.05, 0) is 42.9 Å². The Hall–Kier alpha value is -1.02. The van der Waals surface area contributed by atoms with Gasteiger partial charge >= 0.3 is 0 Å². The fourth-order valence-corrected chi connectivity index (χ4v) is 2.24. The lowest BCUT2D eigenvalue weighted by Crippen LogP contribution is -2.11. The number of hydrogen-bond acceptors (Lipinski definition) is 1. The van der Waals surface area contributed by atoms with E-state index in [9.17, 15) is 0 Å². The molecule has 0 atom stereocenters. The summed E-state index contributed by atoms with van der Waals surface area (Å²) >= 11 is 12.0. The fraction of sp³-hybridized carbons (Fsp3) is 0.200. The topological polar surface area (TPSA) is 3.24 Å². The second kappa shape index (κ2) is 5.75. The first-order chi connectivity index (χ1) is 8.58. The standard InChI is InChI=1S/C15H15Cl2N/c1-18(2)10-12-5-3-4-6-13(12)11-7-8-14(16)15(17)9-11/h3-9H,10H2,1-2H3. The number of rotatable bonds is 3. The van der Waals surface area contributed by atoms with E-state index in [4.69, 9.17) is 23.2 Å². The lowest BCUT2D eigenvalue weighted by molar-refractivity contribution is 0.403. The van der Waals surface area contributed by atoms with Crippen molar-refractivity contribution in [3.05, 3.63) is 58.1 Å². The van der Waals surface area contributed by atoms with E-state index in [1.807, 2.05) is 24.3 Å². The van der Waals surface area contributed by atoms with Gasteiger partial charge in [0.1, 0.15) is 0 Å². The minimum absolute atomic E-state index is 0.588. The van der Waals surface area contributed by atoms with E-state index in [-0.39, 0.29) is 0 Å². The van der Waals surface area contributed by atoms with Gasteiger partial charge in [-0.1, -0.05) is 53.5 Å². The molecule has 18 heavy (non-hydrogen) atoms. The van der Waals surface area contributed by atoms with Crippen molar-refractivity contribution in [1.29, 1.82) is 0 Å². The van der Waals surface area contributed by atoms with E-state index in [0.717, 1.165) is 12.1 Å². The van der Waals surface area contributed by atoms with Crippen LogP contribution in [0.4, 0.5) is 0 Å². The maximum Gasteiger partial charge on any atom is 0.0598 e. The molecule has 2 aromatic carbocycles. The van der Waals surface area contributed by atoms with Gasteiger partial charge in [0.05, 0.1) is 10.0 Å². The highest BCUT2D eigenvalue weighted by atomic mass is 35.5. The zero-order chi connectivity index (χ0) is 13.1. The van der Waals surface area contributed by atoms with Crippen molar-refractivity contribution < 1.29 is 0 Å². The van der Waals surface area contributed by atoms with Crippen LogP contribution in [0.3, 0.4) is 0 Å². The maximum atomic E-state index is 6.08. The highest BCUT2D eigenvalue weighted by Gasteiger charge is 2.07. The molecule has 0 fully saturated rings. The first-order valence-electron chi connectivity index (χ1n) is 5.76. The number of nitrogens with zero attached hydrogens (tertiary/aromatic N) is 1. The van der Waals surface area contributed by atoms with E-state index in [1.165, 1.54) is 11.1 Å². The highest BCUT2D eigenvalue weighted by molar-refractivity contribution is 6.42. The summed E-state index contributed by atoms with van der Waals surface area (Å²) in [5.41, 5.74) is 3.58. The molecule has 0 aliphatic heterocycles. The van der Waals surface area contributed by atoms with Crippen LogP contribution < -0.4 is 0 Å². The molecule has 0 spiro atoms. The van der Waals surface area contributed by atoms with Gasteiger partial charge in [-0.15, -0.1) is 0 Å². The molecule has 0 aliphatic rings. The molecule has 0 saturated heterocycles. The van der Waals surface area contributed by atoms with Crippen LogP contribution in [0.2, 0.25) is 10.0 Å². The van der Waals surface area contributed by atoms with Crippen LogP contribution in [0.25, 0.3) is 11.1 Å². The summed E-state index contributed by atoms with van der Waals surface area (Å²) in [5, 5.41) is 1.18. The van der Waals surface area contributed by atoms with Gasteiger partial charge in [-0.3, -0.25) is 0 Å². The highest BCUT2D eigenvalue weighted by Crippen LogP contribution is 2.30. The van der Waals surface area contributed by atoms with Crippen LogP contribution in [0, 0.1) is 0 Å². The fourth-order valence-electron chi connectivity index (χ4n) is 1.94. The van der Waals surface area contributed by atoms with Crippen molar-refractivity contribution in [2.45, 2.75) is 6.54 Å². The predicted octanol–water partition coefficient (Wildman–Crippen LogP) is 4.72. The third-order valence-electron chi connectivity index (χ3n) is 2.73. The summed E-state index contributed by atoms with van der Waals surface area (Å²) in [4.78, 5) is 2.15. The van der Waals surface area contributed by atoms with Gasteiger partial charge in [0, 0.05) is 6.54 Å². The number of halogens is 2. The van der Waals surface area contributed by atoms with Crippen LogP contribution >= 0.6 is 23.2 Å². The van der Waals surface area contributed by atoms with E-state index in [0.29, 0.717) is 10.0 Å². The molecule has 0 aromatic heterocycles. The van der Waals surface area contributed by atoms with Gasteiger partial charge < -0.3 is 4.90 Å². The normalized spacial score (nSPS) is 10.9. The summed E-state index contributed by atoms with van der Waals surface area (Å²) in [7, 11) is 4.12. The Labute approximate surface area is 118 Å². The van der Waals surface area contributed by atoms with Crippen molar-refractivity contribution in [3.63, 3.8) is 0 Å². The second-order valence-electron chi connectivity index (χ2n) is 4.52. The minimum Gasteiger partial charge on any atom is -0.305 e. The zero-order valence-corrected chi connectivity index (χ0v) is 12.0. The molecule has 0 saturated carbocycles. The third-order valence-corrected chi connectivity index (χ3v) is 3.47. The van der Waals surface area contributed by atoms with E-state index < -0.39 is 0 Å². The molecular formula is C15H15Cl2N. The molecule has 2 aromatic rings. The Morgan fingerprint density at radius 1 is 0.944 bits per heavy atom. The smallest absolute Gasteiger partial charge is 0.0598 e. The number of benzene rings is 2. The van der Waals surface area contributed by atoms with Crippen molar-refractivity contribution in [2.75, 3.05) is 14.1 Å². The van der Waals surface area contributed by atoms with Gasteiger partial charge in [-0.2, -0.15) is 0 Å². The van der Waals surface area contributed by atoms with Gasteiger partial charge in [0.15, 0.2) is 0 Å². The molecule has 94 valence electrons. The van der Waals surface area contributed by atoms with E-state index in [2.05, 4.69) is 37.2 Å². The SMILES string of the molecule is CN(C)Cc1ccccc1-c1ccc(Cl)c(Cl)c1. The predicted molar refractivity (Wildman–Crippen MR) is 79.3 cm³/mol. The molecule has 3 heteroatoms. The Kier molecular flexibility index (Phi) is 4.28.